The van der Waals surface area contributed by atoms with Crippen molar-refractivity contribution >= 4 is 50.5 Å². The smallest absolute Gasteiger partial charge is 0.369 e. The lowest BCUT2D eigenvalue weighted by atomic mass is 10.1. The molecule has 0 spiro atoms. The number of nitrogens with zero attached hydrogens (tertiary/aromatic N) is 2. The summed E-state index contributed by atoms with van der Waals surface area (Å²) in [6.45, 7) is 0.656. The van der Waals surface area contributed by atoms with E-state index in [2.05, 4.69) is 0 Å². The van der Waals surface area contributed by atoms with Gasteiger partial charge in [0.05, 0.1) is 20.6 Å². The van der Waals surface area contributed by atoms with Crippen LogP contribution in [0.2, 0.25) is 15.1 Å². The second-order valence-corrected chi connectivity index (χ2v) is 9.26. The Morgan fingerprint density at radius 2 is 1.46 bits per heavy atom. The van der Waals surface area contributed by atoms with Crippen LogP contribution in [0.15, 0.2) is 41.3 Å². The third-order valence-electron chi connectivity index (χ3n) is 4.37. The number of piperazine rings is 1. The Labute approximate surface area is 175 Å². The largest absolute Gasteiger partial charge is 0.416 e. The first-order valence-corrected chi connectivity index (χ1v) is 10.6. The van der Waals surface area contributed by atoms with Gasteiger partial charge in [-0.15, -0.1) is 0 Å². The molecule has 0 saturated carbocycles. The Bertz CT molecular complexity index is 992. The van der Waals surface area contributed by atoms with E-state index in [-0.39, 0.29) is 46.1 Å². The quantitative estimate of drug-likeness (QED) is 0.577. The van der Waals surface area contributed by atoms with E-state index in [4.69, 9.17) is 34.8 Å². The number of benzene rings is 2. The lowest BCUT2D eigenvalue weighted by Crippen LogP contribution is -2.48. The van der Waals surface area contributed by atoms with Gasteiger partial charge in [0, 0.05) is 31.9 Å². The zero-order chi connectivity index (χ0) is 20.7. The number of hydrogen-bond acceptors (Lipinski definition) is 3. The summed E-state index contributed by atoms with van der Waals surface area (Å²) in [4.78, 5) is 1.55. The molecule has 2 aromatic rings. The van der Waals surface area contributed by atoms with Crippen LogP contribution in [0.3, 0.4) is 0 Å². The van der Waals surface area contributed by atoms with E-state index in [1.165, 1.54) is 22.5 Å². The first-order chi connectivity index (χ1) is 13.0. The second kappa shape index (κ2) is 7.91. The van der Waals surface area contributed by atoms with Crippen molar-refractivity contribution in [3.63, 3.8) is 0 Å². The third-order valence-corrected chi connectivity index (χ3v) is 7.46. The molecule has 28 heavy (non-hydrogen) atoms. The van der Waals surface area contributed by atoms with Gasteiger partial charge in [0.2, 0.25) is 10.0 Å². The Morgan fingerprint density at radius 1 is 0.857 bits per heavy atom. The summed E-state index contributed by atoms with van der Waals surface area (Å²) in [5, 5.41) is 0.155. The minimum Gasteiger partial charge on any atom is -0.369 e. The first-order valence-electron chi connectivity index (χ1n) is 8.07. The molecule has 1 aliphatic rings. The molecule has 1 fully saturated rings. The normalized spacial score (nSPS) is 16.4. The molecule has 3 rings (SSSR count). The van der Waals surface area contributed by atoms with Crippen molar-refractivity contribution in [3.8, 4) is 0 Å². The number of rotatable bonds is 3. The van der Waals surface area contributed by atoms with Crippen LogP contribution in [0.5, 0.6) is 0 Å². The van der Waals surface area contributed by atoms with Crippen molar-refractivity contribution in [1.82, 2.24) is 4.31 Å². The van der Waals surface area contributed by atoms with E-state index in [1.807, 2.05) is 0 Å². The number of halogens is 6. The van der Waals surface area contributed by atoms with Gasteiger partial charge in [0.25, 0.3) is 0 Å². The molecule has 0 bridgehead atoms. The maximum Gasteiger partial charge on any atom is 0.416 e. The molecule has 0 aliphatic carbocycles. The highest BCUT2D eigenvalue weighted by Gasteiger charge is 2.33. The first kappa shape index (κ1) is 21.5. The number of anilines is 1. The molecule has 0 N–H and O–H groups in total. The third kappa shape index (κ3) is 4.36. The molecule has 152 valence electrons. The van der Waals surface area contributed by atoms with Gasteiger partial charge in [0.15, 0.2) is 0 Å². The minimum absolute atomic E-state index is 0.0466. The minimum atomic E-state index is -4.44. The van der Waals surface area contributed by atoms with Gasteiger partial charge in [-0.3, -0.25) is 0 Å². The topological polar surface area (TPSA) is 40.6 Å². The van der Waals surface area contributed by atoms with Gasteiger partial charge < -0.3 is 4.90 Å². The Balaban J connectivity index is 1.78. The van der Waals surface area contributed by atoms with Crippen LogP contribution in [-0.4, -0.2) is 38.9 Å². The lowest BCUT2D eigenvalue weighted by molar-refractivity contribution is -0.137. The summed E-state index contributed by atoms with van der Waals surface area (Å²) in [5.74, 6) is 0. The lowest BCUT2D eigenvalue weighted by Gasteiger charge is -2.35. The fraction of sp³-hybridized carbons (Fsp3) is 0.294. The van der Waals surface area contributed by atoms with Crippen molar-refractivity contribution in [2.45, 2.75) is 11.1 Å². The van der Waals surface area contributed by atoms with Crippen molar-refractivity contribution in [2.24, 2.45) is 0 Å². The van der Waals surface area contributed by atoms with Crippen molar-refractivity contribution in [3.05, 3.63) is 57.0 Å². The maximum absolute atomic E-state index is 12.9. The summed E-state index contributed by atoms with van der Waals surface area (Å²) < 4.78 is 65.7. The molecule has 0 atom stereocenters. The van der Waals surface area contributed by atoms with Gasteiger partial charge in [-0.05, 0) is 30.3 Å². The second-order valence-electron chi connectivity index (χ2n) is 6.14. The molecule has 0 amide bonds. The van der Waals surface area contributed by atoms with E-state index < -0.39 is 21.8 Å². The van der Waals surface area contributed by atoms with Crippen LogP contribution in [0.25, 0.3) is 0 Å². The summed E-state index contributed by atoms with van der Waals surface area (Å²) >= 11 is 17.8. The standard InChI is InChI=1S/C17H14Cl3F3N2O2S/c18-13-9-15(20)16(10-14(13)19)28(26,27)25-6-4-24(5-7-25)12-3-1-2-11(8-12)17(21,22)23/h1-3,8-10H,4-7H2. The van der Waals surface area contributed by atoms with Gasteiger partial charge >= 0.3 is 6.18 Å². The summed E-state index contributed by atoms with van der Waals surface area (Å²) in [5.41, 5.74) is -0.359. The average Bonchev–Trinajstić information content (AvgIpc) is 2.64. The SMILES string of the molecule is O=S(=O)(c1cc(Cl)c(Cl)cc1Cl)N1CCN(c2cccc(C(F)(F)F)c2)CC1. The molecule has 0 unspecified atom stereocenters. The molecule has 0 radical (unpaired) electrons. The number of alkyl halides is 3. The monoisotopic (exact) mass is 472 g/mol. The molecule has 1 aliphatic heterocycles. The van der Waals surface area contributed by atoms with Crippen LogP contribution < -0.4 is 4.90 Å². The zero-order valence-corrected chi connectivity index (χ0v) is 17.3. The molecule has 1 saturated heterocycles. The molecule has 0 aromatic heterocycles. The van der Waals surface area contributed by atoms with E-state index in [0.29, 0.717) is 5.69 Å². The molecule has 11 heteroatoms. The van der Waals surface area contributed by atoms with Gasteiger partial charge in [-0.1, -0.05) is 40.9 Å². The Morgan fingerprint density at radius 3 is 2.07 bits per heavy atom. The number of sulfonamides is 1. The predicted octanol–water partition coefficient (Wildman–Crippen LogP) is 5.18. The van der Waals surface area contributed by atoms with Crippen molar-refractivity contribution < 1.29 is 21.6 Å². The predicted molar refractivity (Wildman–Crippen MR) is 104 cm³/mol. The van der Waals surface area contributed by atoms with E-state index >= 15 is 0 Å². The number of hydrogen-bond donors (Lipinski definition) is 0. The molecule has 1 heterocycles. The highest BCUT2D eigenvalue weighted by atomic mass is 35.5. The van der Waals surface area contributed by atoms with Gasteiger partial charge in [-0.25, -0.2) is 8.42 Å². The summed E-state index contributed by atoms with van der Waals surface area (Å²) in [7, 11) is -3.92. The van der Waals surface area contributed by atoms with Crippen LogP contribution in [0.1, 0.15) is 5.56 Å². The maximum atomic E-state index is 12.9. The summed E-state index contributed by atoms with van der Waals surface area (Å²) in [6, 6.07) is 7.40. The van der Waals surface area contributed by atoms with Crippen LogP contribution in [-0.2, 0) is 16.2 Å². The highest BCUT2D eigenvalue weighted by molar-refractivity contribution is 7.89. The van der Waals surface area contributed by atoms with E-state index in [1.54, 1.807) is 11.0 Å². The highest BCUT2D eigenvalue weighted by Crippen LogP contribution is 2.34. The van der Waals surface area contributed by atoms with Gasteiger partial charge in [0.1, 0.15) is 4.90 Å². The average molecular weight is 474 g/mol. The zero-order valence-electron chi connectivity index (χ0n) is 14.2. The summed E-state index contributed by atoms with van der Waals surface area (Å²) in [6.07, 6.45) is -4.44. The fourth-order valence-electron chi connectivity index (χ4n) is 2.91. The van der Waals surface area contributed by atoms with E-state index in [0.717, 1.165) is 12.1 Å². The Hall–Kier alpha value is -1.19. The molecule has 4 nitrogen and oxygen atoms in total. The Kier molecular flexibility index (Phi) is 6.08. The molecular formula is C17H14Cl3F3N2O2S. The van der Waals surface area contributed by atoms with Crippen LogP contribution in [0, 0.1) is 0 Å². The van der Waals surface area contributed by atoms with Crippen molar-refractivity contribution in [1.29, 1.82) is 0 Å². The molecular weight excluding hydrogens is 460 g/mol. The van der Waals surface area contributed by atoms with Gasteiger partial charge in [-0.2, -0.15) is 17.5 Å². The molecule has 2 aromatic carbocycles. The van der Waals surface area contributed by atoms with Crippen molar-refractivity contribution in [2.75, 3.05) is 31.1 Å². The van der Waals surface area contributed by atoms with Crippen LogP contribution in [0.4, 0.5) is 18.9 Å². The fourth-order valence-corrected chi connectivity index (χ4v) is 5.31. The van der Waals surface area contributed by atoms with E-state index in [9.17, 15) is 21.6 Å². The van der Waals surface area contributed by atoms with Crippen LogP contribution >= 0.6 is 34.8 Å².